The van der Waals surface area contributed by atoms with Gasteiger partial charge in [0.1, 0.15) is 10.8 Å². The highest BCUT2D eigenvalue weighted by Crippen LogP contribution is 2.51. The Hall–Kier alpha value is -1.45. The van der Waals surface area contributed by atoms with Crippen molar-refractivity contribution in [1.82, 2.24) is 0 Å². The average molecular weight is 553 g/mol. The van der Waals surface area contributed by atoms with Crippen LogP contribution in [0.3, 0.4) is 0 Å². The first kappa shape index (κ1) is 22.8. The topological polar surface area (TPSA) is 40.9 Å². The van der Waals surface area contributed by atoms with Gasteiger partial charge in [-0.1, -0.05) is 44.0 Å². The molecule has 0 saturated carbocycles. The van der Waals surface area contributed by atoms with E-state index in [9.17, 15) is 34.9 Å². The number of hydrogen-bond acceptors (Lipinski definition) is 2. The molecule has 0 N–H and O–H groups in total. The summed E-state index contributed by atoms with van der Waals surface area (Å²) in [6.45, 7) is 0. The SMILES string of the molecule is N#Cc1ccc(-c2c(Br)cc(Br)cc2S(=O)C(F)(F)C(F)(F)C(F)(F)F)cc1. The van der Waals surface area contributed by atoms with Gasteiger partial charge in [-0.3, -0.25) is 0 Å². The smallest absolute Gasteiger partial charge is 0.248 e. The second-order valence-electron chi connectivity index (χ2n) is 5.31. The second-order valence-corrected chi connectivity index (χ2v) is 8.57. The van der Waals surface area contributed by atoms with Gasteiger partial charge < -0.3 is 0 Å². The summed E-state index contributed by atoms with van der Waals surface area (Å²) in [5, 5.41) is 2.86. The summed E-state index contributed by atoms with van der Waals surface area (Å²) >= 11 is 5.92. The first-order valence-corrected chi connectivity index (χ1v) is 9.71. The van der Waals surface area contributed by atoms with Crippen molar-refractivity contribution < 1.29 is 34.9 Å². The van der Waals surface area contributed by atoms with Crippen LogP contribution in [0.4, 0.5) is 30.7 Å². The molecule has 2 rings (SSSR count). The summed E-state index contributed by atoms with van der Waals surface area (Å²) < 4.78 is 104. The Morgan fingerprint density at radius 3 is 1.93 bits per heavy atom. The number of benzene rings is 2. The highest BCUT2D eigenvalue weighted by Gasteiger charge is 2.76. The van der Waals surface area contributed by atoms with Gasteiger partial charge in [-0.25, -0.2) is 4.21 Å². The Balaban J connectivity index is 2.71. The molecule has 0 heterocycles. The number of hydrogen-bond donors (Lipinski definition) is 0. The normalized spacial score (nSPS) is 13.9. The molecule has 0 aliphatic heterocycles. The van der Waals surface area contributed by atoms with Crippen molar-refractivity contribution in [3.05, 3.63) is 50.9 Å². The van der Waals surface area contributed by atoms with Gasteiger partial charge in [-0.2, -0.15) is 36.0 Å². The molecule has 0 amide bonds. The van der Waals surface area contributed by atoms with Gasteiger partial charge >= 0.3 is 17.4 Å². The van der Waals surface area contributed by atoms with Crippen LogP contribution in [-0.2, 0) is 10.8 Å². The summed E-state index contributed by atoms with van der Waals surface area (Å²) in [5.41, 5.74) is -0.00915. The van der Waals surface area contributed by atoms with Crippen LogP contribution in [-0.4, -0.2) is 21.6 Å². The fourth-order valence-corrected chi connectivity index (χ4v) is 5.12. The van der Waals surface area contributed by atoms with Crippen molar-refractivity contribution in [3.8, 4) is 17.2 Å². The third-order valence-corrected chi connectivity index (χ3v) is 6.00. The molecule has 2 nitrogen and oxygen atoms in total. The van der Waals surface area contributed by atoms with E-state index in [1.54, 1.807) is 6.07 Å². The number of rotatable bonds is 4. The molecule has 1 atom stereocenters. The van der Waals surface area contributed by atoms with Gasteiger partial charge in [0.05, 0.1) is 16.5 Å². The van der Waals surface area contributed by atoms with Gasteiger partial charge in [0.2, 0.25) is 0 Å². The molecule has 0 fully saturated rings. The van der Waals surface area contributed by atoms with E-state index in [0.29, 0.717) is 0 Å². The third-order valence-electron chi connectivity index (χ3n) is 3.48. The lowest BCUT2D eigenvalue weighted by molar-refractivity contribution is -0.331. The van der Waals surface area contributed by atoms with Gasteiger partial charge in [0, 0.05) is 14.5 Å². The molecule has 2 aromatic rings. The molecule has 0 aromatic heterocycles. The van der Waals surface area contributed by atoms with E-state index in [1.807, 2.05) is 0 Å². The van der Waals surface area contributed by atoms with E-state index in [1.165, 1.54) is 30.3 Å². The summed E-state index contributed by atoms with van der Waals surface area (Å²) in [6.07, 6.45) is -6.61. The van der Waals surface area contributed by atoms with Crippen molar-refractivity contribution in [3.63, 3.8) is 0 Å². The molecule has 1 unspecified atom stereocenters. The van der Waals surface area contributed by atoms with Crippen LogP contribution < -0.4 is 0 Å². The molecular formula is C16H6Br2F7NOS. The fourth-order valence-electron chi connectivity index (χ4n) is 2.11. The molecule has 12 heteroatoms. The largest absolute Gasteiger partial charge is 0.461 e. The van der Waals surface area contributed by atoms with E-state index < -0.39 is 33.0 Å². The Morgan fingerprint density at radius 2 is 1.46 bits per heavy atom. The van der Waals surface area contributed by atoms with Crippen LogP contribution in [0.25, 0.3) is 11.1 Å². The van der Waals surface area contributed by atoms with Crippen molar-refractivity contribution in [2.45, 2.75) is 22.2 Å². The lowest BCUT2D eigenvalue weighted by atomic mass is 10.0. The minimum atomic E-state index is -6.61. The van der Waals surface area contributed by atoms with Crippen molar-refractivity contribution >= 4 is 42.7 Å². The molecule has 0 aliphatic carbocycles. The van der Waals surface area contributed by atoms with Crippen LogP contribution >= 0.6 is 31.9 Å². The monoisotopic (exact) mass is 551 g/mol. The maximum absolute atomic E-state index is 14.0. The molecule has 2 aromatic carbocycles. The van der Waals surface area contributed by atoms with E-state index >= 15 is 0 Å². The average Bonchev–Trinajstić information content (AvgIpc) is 2.59. The van der Waals surface area contributed by atoms with E-state index in [0.717, 1.165) is 6.07 Å². The number of nitriles is 1. The minimum absolute atomic E-state index is 0.0149. The molecule has 28 heavy (non-hydrogen) atoms. The molecular weight excluding hydrogens is 547 g/mol. The summed E-state index contributed by atoms with van der Waals surface area (Å²) in [7, 11) is -4.08. The van der Waals surface area contributed by atoms with Crippen LogP contribution in [0.1, 0.15) is 5.56 Å². The summed E-state index contributed by atoms with van der Waals surface area (Å²) in [5.74, 6) is -6.53. The Kier molecular flexibility index (Phi) is 6.33. The quantitative estimate of drug-likeness (QED) is 0.399. The first-order chi connectivity index (χ1) is 12.7. The van der Waals surface area contributed by atoms with E-state index in [-0.39, 0.29) is 25.6 Å². The Bertz CT molecular complexity index is 969. The third kappa shape index (κ3) is 3.97. The summed E-state index contributed by atoms with van der Waals surface area (Å²) in [6, 6.07) is 8.96. The van der Waals surface area contributed by atoms with Crippen LogP contribution in [0.15, 0.2) is 50.2 Å². The van der Waals surface area contributed by atoms with Crippen LogP contribution in [0.2, 0.25) is 0 Å². The zero-order chi connectivity index (χ0) is 21.5. The van der Waals surface area contributed by atoms with Crippen molar-refractivity contribution in [2.75, 3.05) is 0 Å². The molecule has 0 radical (unpaired) electrons. The predicted molar refractivity (Wildman–Crippen MR) is 94.4 cm³/mol. The predicted octanol–water partition coefficient (Wildman–Crippen LogP) is 6.65. The minimum Gasteiger partial charge on any atom is -0.248 e. The van der Waals surface area contributed by atoms with Gasteiger partial charge in [0.25, 0.3) is 0 Å². The molecule has 0 spiro atoms. The maximum Gasteiger partial charge on any atom is 0.461 e. The molecule has 0 bridgehead atoms. The molecule has 0 aliphatic rings. The standard InChI is InChI=1S/C16H6Br2F7NOS/c17-10-5-11(18)13(9-3-1-8(7-26)2-4-9)12(6-10)28(27)16(24,25)14(19,20)15(21,22)23/h1-6H. The first-order valence-electron chi connectivity index (χ1n) is 6.98. The lowest BCUT2D eigenvalue weighted by Crippen LogP contribution is -2.54. The molecule has 0 saturated heterocycles. The highest BCUT2D eigenvalue weighted by molar-refractivity contribution is 9.11. The number of nitrogens with zero attached hydrogens (tertiary/aromatic N) is 1. The number of halogens is 9. The van der Waals surface area contributed by atoms with Crippen LogP contribution in [0, 0.1) is 11.3 Å². The zero-order valence-corrected chi connectivity index (χ0v) is 17.1. The van der Waals surface area contributed by atoms with Gasteiger partial charge in [0.15, 0.2) is 0 Å². The van der Waals surface area contributed by atoms with E-state index in [4.69, 9.17) is 5.26 Å². The summed E-state index contributed by atoms with van der Waals surface area (Å²) in [4.78, 5) is -0.945. The van der Waals surface area contributed by atoms with Gasteiger partial charge in [-0.15, -0.1) is 0 Å². The van der Waals surface area contributed by atoms with Crippen molar-refractivity contribution in [1.29, 1.82) is 5.26 Å². The van der Waals surface area contributed by atoms with Crippen LogP contribution in [0.5, 0.6) is 0 Å². The van der Waals surface area contributed by atoms with Gasteiger partial charge in [-0.05, 0) is 29.8 Å². The Labute approximate surface area is 173 Å². The maximum atomic E-state index is 14.0. The van der Waals surface area contributed by atoms with Crippen molar-refractivity contribution in [2.24, 2.45) is 0 Å². The number of alkyl halides is 7. The Morgan fingerprint density at radius 1 is 0.929 bits per heavy atom. The highest BCUT2D eigenvalue weighted by atomic mass is 79.9. The molecule has 150 valence electrons. The zero-order valence-electron chi connectivity index (χ0n) is 13.1. The van der Waals surface area contributed by atoms with E-state index in [2.05, 4.69) is 31.9 Å². The second kappa shape index (κ2) is 7.76. The lowest BCUT2D eigenvalue weighted by Gasteiger charge is -2.28. The fraction of sp³-hybridized carbons (Fsp3) is 0.188.